The smallest absolute Gasteiger partial charge is 0.231 e. The van der Waals surface area contributed by atoms with E-state index in [2.05, 4.69) is 20.3 Å². The van der Waals surface area contributed by atoms with Gasteiger partial charge in [0.2, 0.25) is 17.8 Å². The predicted molar refractivity (Wildman–Crippen MR) is 77.0 cm³/mol. The fraction of sp³-hybridized carbons (Fsp3) is 0.308. The van der Waals surface area contributed by atoms with Crippen molar-refractivity contribution in [2.24, 2.45) is 0 Å². The standard InChI is InChI=1S/C13H17FN6/c1-8(9-5-4-6-10(14)7-9)16-12-17-11(15)18-13(19-12)20(2)3/h4-8H,1-3H3,(H3,15,16,17,18,19). The highest BCUT2D eigenvalue weighted by molar-refractivity contribution is 5.42. The minimum absolute atomic E-state index is 0.137. The van der Waals surface area contributed by atoms with Crippen LogP contribution in [0.1, 0.15) is 18.5 Å². The van der Waals surface area contributed by atoms with Crippen molar-refractivity contribution < 1.29 is 4.39 Å². The number of nitrogens with one attached hydrogen (secondary N) is 1. The molecule has 0 aliphatic rings. The molecule has 0 radical (unpaired) electrons. The zero-order valence-corrected chi connectivity index (χ0v) is 11.6. The van der Waals surface area contributed by atoms with Gasteiger partial charge in [-0.25, -0.2) is 4.39 Å². The van der Waals surface area contributed by atoms with Crippen molar-refractivity contribution >= 4 is 17.8 Å². The van der Waals surface area contributed by atoms with Crippen molar-refractivity contribution in [3.8, 4) is 0 Å². The Bertz CT molecular complexity index is 601. The van der Waals surface area contributed by atoms with Crippen LogP contribution in [0.3, 0.4) is 0 Å². The zero-order valence-electron chi connectivity index (χ0n) is 11.6. The lowest BCUT2D eigenvalue weighted by atomic mass is 10.1. The van der Waals surface area contributed by atoms with E-state index >= 15 is 0 Å². The van der Waals surface area contributed by atoms with Crippen LogP contribution in [0.5, 0.6) is 0 Å². The third-order valence-electron chi connectivity index (χ3n) is 2.74. The van der Waals surface area contributed by atoms with Crippen molar-refractivity contribution in [1.29, 1.82) is 0 Å². The maximum Gasteiger partial charge on any atom is 0.231 e. The number of nitrogen functional groups attached to an aromatic ring is 1. The summed E-state index contributed by atoms with van der Waals surface area (Å²) in [5, 5.41) is 3.09. The zero-order chi connectivity index (χ0) is 14.7. The Morgan fingerprint density at radius 3 is 2.65 bits per heavy atom. The molecule has 0 aliphatic heterocycles. The van der Waals surface area contributed by atoms with Gasteiger partial charge in [-0.3, -0.25) is 0 Å². The van der Waals surface area contributed by atoms with Crippen LogP contribution in [0.15, 0.2) is 24.3 Å². The monoisotopic (exact) mass is 276 g/mol. The summed E-state index contributed by atoms with van der Waals surface area (Å²) in [6.07, 6.45) is 0. The Hall–Kier alpha value is -2.44. The highest BCUT2D eigenvalue weighted by Crippen LogP contribution is 2.19. The summed E-state index contributed by atoms with van der Waals surface area (Å²) in [7, 11) is 3.63. The molecule has 1 heterocycles. The van der Waals surface area contributed by atoms with Gasteiger partial charge in [0.1, 0.15) is 5.82 Å². The summed E-state index contributed by atoms with van der Waals surface area (Å²) in [4.78, 5) is 14.0. The number of rotatable bonds is 4. The first-order valence-corrected chi connectivity index (χ1v) is 6.16. The Morgan fingerprint density at radius 2 is 2.00 bits per heavy atom. The number of anilines is 3. The van der Waals surface area contributed by atoms with Crippen LogP contribution in [0.2, 0.25) is 0 Å². The molecule has 0 saturated carbocycles. The Kier molecular flexibility index (Phi) is 3.97. The van der Waals surface area contributed by atoms with Crippen LogP contribution >= 0.6 is 0 Å². The van der Waals surface area contributed by atoms with Crippen molar-refractivity contribution in [3.63, 3.8) is 0 Å². The van der Waals surface area contributed by atoms with Gasteiger partial charge in [0, 0.05) is 14.1 Å². The lowest BCUT2D eigenvalue weighted by Crippen LogP contribution is -2.17. The number of nitrogens with zero attached hydrogens (tertiary/aromatic N) is 4. The Balaban J connectivity index is 2.21. The molecule has 1 atom stereocenters. The topological polar surface area (TPSA) is 80.0 Å². The van der Waals surface area contributed by atoms with Gasteiger partial charge in [0.15, 0.2) is 0 Å². The van der Waals surface area contributed by atoms with E-state index in [9.17, 15) is 4.39 Å². The van der Waals surface area contributed by atoms with Crippen LogP contribution in [-0.2, 0) is 0 Å². The second-order valence-corrected chi connectivity index (χ2v) is 4.63. The number of nitrogens with two attached hydrogens (primary N) is 1. The number of aromatic nitrogens is 3. The molecule has 7 heteroatoms. The minimum atomic E-state index is -0.278. The fourth-order valence-electron chi connectivity index (χ4n) is 1.70. The summed E-state index contributed by atoms with van der Waals surface area (Å²) in [5.41, 5.74) is 6.45. The van der Waals surface area contributed by atoms with Crippen LogP contribution in [0.25, 0.3) is 0 Å². The van der Waals surface area contributed by atoms with Crippen LogP contribution in [0, 0.1) is 5.82 Å². The molecular weight excluding hydrogens is 259 g/mol. The normalized spacial score (nSPS) is 12.0. The largest absolute Gasteiger partial charge is 0.368 e. The van der Waals surface area contributed by atoms with Gasteiger partial charge >= 0.3 is 0 Å². The SMILES string of the molecule is CC(Nc1nc(N)nc(N(C)C)n1)c1cccc(F)c1. The van der Waals surface area contributed by atoms with Crippen molar-refractivity contribution in [3.05, 3.63) is 35.6 Å². The molecule has 2 aromatic rings. The minimum Gasteiger partial charge on any atom is -0.368 e. The van der Waals surface area contributed by atoms with Gasteiger partial charge in [-0.1, -0.05) is 12.1 Å². The Labute approximate surface area is 116 Å². The predicted octanol–water partition coefficient (Wildman–Crippen LogP) is 1.83. The van der Waals surface area contributed by atoms with E-state index in [0.717, 1.165) is 5.56 Å². The molecule has 0 saturated heterocycles. The van der Waals surface area contributed by atoms with Gasteiger partial charge in [-0.2, -0.15) is 15.0 Å². The molecule has 1 aromatic heterocycles. The third kappa shape index (κ3) is 3.31. The summed E-state index contributed by atoms with van der Waals surface area (Å²) in [6.45, 7) is 1.89. The van der Waals surface area contributed by atoms with Gasteiger partial charge < -0.3 is 16.0 Å². The van der Waals surface area contributed by atoms with Crippen molar-refractivity contribution in [1.82, 2.24) is 15.0 Å². The average molecular weight is 276 g/mol. The highest BCUT2D eigenvalue weighted by Gasteiger charge is 2.11. The second kappa shape index (κ2) is 5.68. The molecule has 20 heavy (non-hydrogen) atoms. The molecule has 1 unspecified atom stereocenters. The Morgan fingerprint density at radius 1 is 1.25 bits per heavy atom. The van der Waals surface area contributed by atoms with E-state index < -0.39 is 0 Å². The van der Waals surface area contributed by atoms with E-state index in [1.165, 1.54) is 12.1 Å². The van der Waals surface area contributed by atoms with Crippen LogP contribution < -0.4 is 16.0 Å². The number of hydrogen-bond acceptors (Lipinski definition) is 6. The van der Waals surface area contributed by atoms with E-state index in [0.29, 0.717) is 11.9 Å². The van der Waals surface area contributed by atoms with Crippen LogP contribution in [0.4, 0.5) is 22.2 Å². The maximum absolute atomic E-state index is 13.2. The van der Waals surface area contributed by atoms with E-state index in [4.69, 9.17) is 5.73 Å². The van der Waals surface area contributed by atoms with Crippen molar-refractivity contribution in [2.75, 3.05) is 30.0 Å². The molecule has 0 amide bonds. The van der Waals surface area contributed by atoms with Gasteiger partial charge in [0.05, 0.1) is 6.04 Å². The first kappa shape index (κ1) is 14.0. The molecule has 0 aliphatic carbocycles. The van der Waals surface area contributed by atoms with Crippen LogP contribution in [-0.4, -0.2) is 29.0 Å². The molecule has 1 aromatic carbocycles. The molecule has 0 spiro atoms. The van der Waals surface area contributed by atoms with Gasteiger partial charge in [-0.05, 0) is 24.6 Å². The molecule has 3 N–H and O–H groups in total. The molecule has 0 bridgehead atoms. The molecule has 106 valence electrons. The summed E-state index contributed by atoms with van der Waals surface area (Å²) >= 11 is 0. The summed E-state index contributed by atoms with van der Waals surface area (Å²) in [6, 6.07) is 6.22. The number of halogens is 1. The first-order valence-electron chi connectivity index (χ1n) is 6.16. The maximum atomic E-state index is 13.2. The summed E-state index contributed by atoms with van der Waals surface area (Å²) in [5.74, 6) is 0.683. The fourth-order valence-corrected chi connectivity index (χ4v) is 1.70. The average Bonchev–Trinajstić information content (AvgIpc) is 2.37. The number of hydrogen-bond donors (Lipinski definition) is 2. The second-order valence-electron chi connectivity index (χ2n) is 4.63. The lowest BCUT2D eigenvalue weighted by molar-refractivity contribution is 0.623. The molecule has 2 rings (SSSR count). The molecule has 6 nitrogen and oxygen atoms in total. The van der Waals surface area contributed by atoms with E-state index in [1.807, 2.05) is 27.1 Å². The summed E-state index contributed by atoms with van der Waals surface area (Å²) < 4.78 is 13.2. The third-order valence-corrected chi connectivity index (χ3v) is 2.74. The van der Waals surface area contributed by atoms with Crippen molar-refractivity contribution in [2.45, 2.75) is 13.0 Å². The molecule has 0 fully saturated rings. The first-order chi connectivity index (χ1) is 9.45. The van der Waals surface area contributed by atoms with E-state index in [-0.39, 0.29) is 17.8 Å². The molecular formula is C13H17FN6. The van der Waals surface area contributed by atoms with Gasteiger partial charge in [-0.15, -0.1) is 0 Å². The lowest BCUT2D eigenvalue weighted by Gasteiger charge is -2.16. The quantitative estimate of drug-likeness (QED) is 0.887. The van der Waals surface area contributed by atoms with E-state index in [1.54, 1.807) is 11.0 Å². The highest BCUT2D eigenvalue weighted by atomic mass is 19.1. The van der Waals surface area contributed by atoms with Gasteiger partial charge in [0.25, 0.3) is 0 Å². The number of benzene rings is 1.